The molecule has 1 aromatic heterocycles. The summed E-state index contributed by atoms with van der Waals surface area (Å²) < 4.78 is 5.44. The molecule has 0 aliphatic carbocycles. The molecule has 3 aliphatic heterocycles. The molecule has 4 heterocycles. The molecule has 0 bridgehead atoms. The minimum atomic E-state index is -0.348. The number of anilines is 2. The summed E-state index contributed by atoms with van der Waals surface area (Å²) in [6, 6.07) is 9.51. The minimum absolute atomic E-state index is 0.0800. The van der Waals surface area contributed by atoms with E-state index in [2.05, 4.69) is 15.8 Å². The van der Waals surface area contributed by atoms with Crippen LogP contribution in [0.4, 0.5) is 11.5 Å². The zero-order valence-corrected chi connectivity index (χ0v) is 15.9. The number of rotatable bonds is 2. The summed E-state index contributed by atoms with van der Waals surface area (Å²) in [5.74, 6) is 1.97. The Hall–Kier alpha value is -2.97. The number of nitrogens with zero attached hydrogens (tertiary/aromatic N) is 3. The zero-order chi connectivity index (χ0) is 19.5. The van der Waals surface area contributed by atoms with E-state index in [4.69, 9.17) is 14.6 Å². The van der Waals surface area contributed by atoms with E-state index in [1.165, 1.54) is 0 Å². The van der Waals surface area contributed by atoms with Gasteiger partial charge in [-0.05, 0) is 0 Å². The second kappa shape index (κ2) is 7.95. The highest BCUT2D eigenvalue weighted by Crippen LogP contribution is 2.34. The van der Waals surface area contributed by atoms with E-state index in [0.29, 0.717) is 37.8 Å². The third-order valence-corrected chi connectivity index (χ3v) is 4.73. The quantitative estimate of drug-likeness (QED) is 0.823. The van der Waals surface area contributed by atoms with E-state index in [0.717, 1.165) is 22.7 Å². The fraction of sp³-hybridized carbons (Fsp3) is 0.350. The van der Waals surface area contributed by atoms with Gasteiger partial charge in [0.1, 0.15) is 11.7 Å². The van der Waals surface area contributed by atoms with Crippen LogP contribution in [-0.4, -0.2) is 48.2 Å². The summed E-state index contributed by atoms with van der Waals surface area (Å²) >= 11 is 0. The highest BCUT2D eigenvalue weighted by molar-refractivity contribution is 6.03. The molecule has 1 fully saturated rings. The van der Waals surface area contributed by atoms with Gasteiger partial charge in [0.05, 0.1) is 31.5 Å². The average Bonchev–Trinajstić information content (AvgIpc) is 3.26. The molecule has 2 aromatic rings. The van der Waals surface area contributed by atoms with Gasteiger partial charge in [0.15, 0.2) is 17.4 Å². The van der Waals surface area contributed by atoms with Crippen molar-refractivity contribution in [1.29, 1.82) is 0 Å². The predicted octanol–water partition coefficient (Wildman–Crippen LogP) is 2.06. The van der Waals surface area contributed by atoms with Gasteiger partial charge in [-0.2, -0.15) is 5.48 Å². The van der Waals surface area contributed by atoms with E-state index < -0.39 is 0 Å². The number of aromatic nitrogens is 2. The van der Waals surface area contributed by atoms with Gasteiger partial charge in [0.2, 0.25) is 5.91 Å². The molecule has 1 atom stereocenters. The molecule has 28 heavy (non-hydrogen) atoms. The Morgan fingerprint density at radius 3 is 2.86 bits per heavy atom. The predicted molar refractivity (Wildman–Crippen MR) is 106 cm³/mol. The minimum Gasteiger partial charge on any atom is -0.407 e. The molecule has 0 saturated carbocycles. The summed E-state index contributed by atoms with van der Waals surface area (Å²) in [6.07, 6.45) is 1.66. The Morgan fingerprint density at radius 1 is 1.21 bits per heavy atom. The highest BCUT2D eigenvalue weighted by atomic mass is 16.7. The van der Waals surface area contributed by atoms with Gasteiger partial charge < -0.3 is 19.8 Å². The maximum atomic E-state index is 12.2. The summed E-state index contributed by atoms with van der Waals surface area (Å²) in [7, 11) is 0. The monoisotopic (exact) mass is 381 g/mol. The van der Waals surface area contributed by atoms with Gasteiger partial charge in [-0.3, -0.25) is 4.79 Å². The molecule has 1 saturated heterocycles. The lowest BCUT2D eigenvalue weighted by molar-refractivity contribution is -0.120. The van der Waals surface area contributed by atoms with Crippen LogP contribution in [0.1, 0.15) is 25.2 Å². The van der Waals surface area contributed by atoms with Crippen LogP contribution in [-0.2, 0) is 14.4 Å². The smallest absolute Gasteiger partial charge is 0.249 e. The van der Waals surface area contributed by atoms with Crippen LogP contribution in [0.2, 0.25) is 0 Å². The van der Waals surface area contributed by atoms with Crippen LogP contribution >= 0.6 is 0 Å². The first-order valence-electron chi connectivity index (χ1n) is 9.52. The zero-order valence-electron chi connectivity index (χ0n) is 15.9. The lowest BCUT2D eigenvalue weighted by atomic mass is 10.1. The molecule has 2 N–H and O–H groups in total. The topological polar surface area (TPSA) is 88.6 Å². The number of carbonyl (C=O) groups excluding carboxylic acids is 1. The van der Waals surface area contributed by atoms with Crippen LogP contribution in [0.3, 0.4) is 0 Å². The maximum Gasteiger partial charge on any atom is 0.249 e. The van der Waals surface area contributed by atoms with Crippen molar-refractivity contribution in [2.24, 2.45) is 0 Å². The number of morpholine rings is 1. The van der Waals surface area contributed by atoms with Crippen molar-refractivity contribution in [2.75, 3.05) is 36.5 Å². The van der Waals surface area contributed by atoms with E-state index in [1.54, 1.807) is 6.20 Å². The maximum absolute atomic E-state index is 12.2. The van der Waals surface area contributed by atoms with Gasteiger partial charge in [0, 0.05) is 12.1 Å². The van der Waals surface area contributed by atoms with E-state index in [1.807, 2.05) is 49.1 Å². The first kappa shape index (κ1) is 18.4. The van der Waals surface area contributed by atoms with Gasteiger partial charge in [-0.25, -0.2) is 9.97 Å². The third-order valence-electron chi connectivity index (χ3n) is 4.73. The number of fused-ring (bicyclic) bond motifs is 3. The molecule has 1 amide bonds. The average molecular weight is 381 g/mol. The van der Waals surface area contributed by atoms with Gasteiger partial charge in [-0.1, -0.05) is 44.2 Å². The number of benzene rings is 1. The molecular formula is C20H23N5O3. The molecule has 0 radical (unpaired) electrons. The third kappa shape index (κ3) is 3.21. The van der Waals surface area contributed by atoms with Crippen molar-refractivity contribution in [2.45, 2.75) is 19.9 Å². The van der Waals surface area contributed by atoms with Crippen LogP contribution in [0.15, 0.2) is 36.5 Å². The molecular weight excluding hydrogens is 358 g/mol. The molecule has 0 spiro atoms. The normalized spacial score (nSPS) is 20.4. The lowest BCUT2D eigenvalue weighted by Gasteiger charge is -2.39. The van der Waals surface area contributed by atoms with E-state index in [-0.39, 0.29) is 11.9 Å². The molecule has 1 unspecified atom stereocenters. The van der Waals surface area contributed by atoms with Crippen LogP contribution in [0.25, 0.3) is 11.3 Å². The summed E-state index contributed by atoms with van der Waals surface area (Å²) in [5.41, 5.74) is 5.39. The van der Waals surface area contributed by atoms with Crippen molar-refractivity contribution in [3.63, 3.8) is 0 Å². The number of carbonyl (C=O) groups is 1. The van der Waals surface area contributed by atoms with Gasteiger partial charge in [0.25, 0.3) is 0 Å². The Labute approximate surface area is 163 Å². The number of hydroxylamine groups is 1. The van der Waals surface area contributed by atoms with Crippen LogP contribution in [0, 0.1) is 0 Å². The van der Waals surface area contributed by atoms with Crippen molar-refractivity contribution in [1.82, 2.24) is 15.4 Å². The fourth-order valence-electron chi connectivity index (χ4n) is 3.44. The Kier molecular flexibility index (Phi) is 5.23. The molecule has 5 rings (SSSR count). The molecule has 146 valence electrons. The van der Waals surface area contributed by atoms with Gasteiger partial charge in [-0.15, -0.1) is 0 Å². The molecule has 3 aliphatic rings. The van der Waals surface area contributed by atoms with Crippen molar-refractivity contribution >= 4 is 28.7 Å². The lowest BCUT2D eigenvalue weighted by Crippen LogP contribution is -2.55. The number of ether oxygens (including phenoxy) is 1. The summed E-state index contributed by atoms with van der Waals surface area (Å²) in [4.78, 5) is 29.1. The number of hydrogen-bond acceptors (Lipinski definition) is 7. The fourth-order valence-corrected chi connectivity index (χ4v) is 3.44. The van der Waals surface area contributed by atoms with Gasteiger partial charge >= 0.3 is 0 Å². The van der Waals surface area contributed by atoms with Crippen molar-refractivity contribution < 1.29 is 14.4 Å². The van der Waals surface area contributed by atoms with E-state index in [9.17, 15) is 4.79 Å². The number of hydrogen-bond donors (Lipinski definition) is 2. The molecule has 1 aromatic carbocycles. The summed E-state index contributed by atoms with van der Waals surface area (Å²) in [5, 5.41) is 2.87. The first-order chi connectivity index (χ1) is 13.8. The second-order valence-corrected chi connectivity index (χ2v) is 6.30. The standard InChI is InChI=1S/C18H17N5O3.C2H6/c24-18-14-10-25-7-6-23(14)17-13(21-18)9-19-16(22-17)12-8-20-26-15(12)11-4-2-1-3-5-11;1-2/h1-5,9,14,20H,6-8,10H2,(H,21,24);1-2H3. The Balaban J connectivity index is 0.000000932. The molecule has 8 nitrogen and oxygen atoms in total. The number of nitrogens with one attached hydrogen (secondary N) is 2. The SMILES string of the molecule is CC.O=C1Nc2cnc(C3=C(c4ccccc4)ONC3)nc2N2CCOCC12. The largest absolute Gasteiger partial charge is 0.407 e. The van der Waals surface area contributed by atoms with Crippen molar-refractivity contribution in [3.8, 4) is 0 Å². The first-order valence-corrected chi connectivity index (χ1v) is 9.52. The summed E-state index contributed by atoms with van der Waals surface area (Å²) in [6.45, 7) is 6.08. The Bertz CT molecular complexity index is 900. The van der Waals surface area contributed by atoms with Crippen molar-refractivity contribution in [3.05, 3.63) is 47.9 Å². The van der Waals surface area contributed by atoms with Crippen LogP contribution < -0.4 is 15.7 Å². The molecule has 8 heteroatoms. The Morgan fingerprint density at radius 2 is 2.04 bits per heavy atom. The highest BCUT2D eigenvalue weighted by Gasteiger charge is 2.37. The van der Waals surface area contributed by atoms with Crippen LogP contribution in [0.5, 0.6) is 0 Å². The second-order valence-electron chi connectivity index (χ2n) is 6.30. The number of amides is 1. The van der Waals surface area contributed by atoms with E-state index >= 15 is 0 Å².